The van der Waals surface area contributed by atoms with Crippen LogP contribution < -0.4 is 0 Å². The van der Waals surface area contributed by atoms with Gasteiger partial charge in [-0.3, -0.25) is 19.2 Å². The highest BCUT2D eigenvalue weighted by atomic mass is 28.4. The summed E-state index contributed by atoms with van der Waals surface area (Å²) in [5.41, 5.74) is 0. The highest BCUT2D eigenvalue weighted by molar-refractivity contribution is 6.60. The summed E-state index contributed by atoms with van der Waals surface area (Å²) in [6, 6.07) is 0.625. The van der Waals surface area contributed by atoms with Gasteiger partial charge >= 0.3 is 32.7 Å². The third kappa shape index (κ3) is 12.9. The van der Waals surface area contributed by atoms with E-state index in [4.69, 9.17) is 41.7 Å². The van der Waals surface area contributed by atoms with Crippen LogP contribution in [0.4, 0.5) is 0 Å². The lowest BCUT2D eigenvalue weighted by molar-refractivity contribution is -0.307. The molecule has 230 valence electrons. The molecule has 13 nitrogen and oxygen atoms in total. The average Bonchev–Trinajstić information content (AvgIpc) is 2.85. The number of carbonyl (C=O) groups is 4. The maximum atomic E-state index is 11.9. The molecule has 0 bridgehead atoms. The average molecular weight is 593 g/mol. The van der Waals surface area contributed by atoms with Crippen molar-refractivity contribution >= 4 is 32.7 Å². The van der Waals surface area contributed by atoms with Crippen molar-refractivity contribution in [1.82, 2.24) is 0 Å². The lowest BCUT2D eigenvalue weighted by Crippen LogP contribution is -2.63. The molecule has 5 unspecified atom stereocenters. The van der Waals surface area contributed by atoms with Crippen molar-refractivity contribution in [3.8, 4) is 0 Å². The predicted octanol–water partition coefficient (Wildman–Crippen LogP) is 2.47. The molecule has 1 fully saturated rings. The van der Waals surface area contributed by atoms with E-state index in [2.05, 4.69) is 0 Å². The molecule has 40 heavy (non-hydrogen) atoms. The first-order chi connectivity index (χ1) is 19.0. The Balaban J connectivity index is 2.96. The topological polar surface area (TPSA) is 151 Å². The third-order valence-corrected chi connectivity index (χ3v) is 8.48. The molecule has 0 aromatic heterocycles. The first kappa shape index (κ1) is 35.7. The van der Waals surface area contributed by atoms with Gasteiger partial charge in [0.2, 0.25) is 0 Å². The smallest absolute Gasteiger partial charge is 0.463 e. The van der Waals surface area contributed by atoms with Crippen LogP contribution in [0.5, 0.6) is 0 Å². The van der Waals surface area contributed by atoms with E-state index in [0.717, 1.165) is 13.8 Å². The maximum Gasteiger partial charge on any atom is 0.501 e. The molecular formula is C26H44O13Si. The molecule has 0 aromatic carbocycles. The van der Waals surface area contributed by atoms with Gasteiger partial charge < -0.3 is 41.7 Å². The highest BCUT2D eigenvalue weighted by Gasteiger charge is 2.52. The van der Waals surface area contributed by atoms with E-state index in [1.54, 1.807) is 0 Å². The Morgan fingerprint density at radius 3 is 1.70 bits per heavy atom. The van der Waals surface area contributed by atoms with Crippen LogP contribution in [0.3, 0.4) is 0 Å². The number of hydrogen-bond donors (Lipinski definition) is 0. The molecule has 0 spiro atoms. The fourth-order valence-corrected chi connectivity index (χ4v) is 6.59. The van der Waals surface area contributed by atoms with Crippen molar-refractivity contribution in [2.24, 2.45) is 0 Å². The lowest BCUT2D eigenvalue weighted by atomic mass is 9.98. The molecule has 0 saturated carbocycles. The Kier molecular flexibility index (Phi) is 16.8. The monoisotopic (exact) mass is 592 g/mol. The molecule has 0 aromatic rings. The Morgan fingerprint density at radius 2 is 1.20 bits per heavy atom. The van der Waals surface area contributed by atoms with E-state index in [0.29, 0.717) is 38.7 Å². The lowest BCUT2D eigenvalue weighted by Gasteiger charge is -2.44. The van der Waals surface area contributed by atoms with Crippen LogP contribution in [0.1, 0.15) is 61.3 Å². The van der Waals surface area contributed by atoms with Crippen molar-refractivity contribution < 1.29 is 60.9 Å². The van der Waals surface area contributed by atoms with Crippen molar-refractivity contribution in [2.75, 3.05) is 33.0 Å². The summed E-state index contributed by atoms with van der Waals surface area (Å²) in [5.74, 6) is -2.69. The number of carbonyl (C=O) groups excluding carboxylic acids is 4. The predicted molar refractivity (Wildman–Crippen MR) is 142 cm³/mol. The van der Waals surface area contributed by atoms with E-state index >= 15 is 0 Å². The molecule has 1 heterocycles. The van der Waals surface area contributed by atoms with Crippen LogP contribution in [0.15, 0.2) is 12.2 Å². The van der Waals surface area contributed by atoms with Crippen LogP contribution in [0.25, 0.3) is 0 Å². The summed E-state index contributed by atoms with van der Waals surface area (Å²) >= 11 is 0. The van der Waals surface area contributed by atoms with Crippen molar-refractivity contribution in [3.05, 3.63) is 12.2 Å². The van der Waals surface area contributed by atoms with Gasteiger partial charge in [0.15, 0.2) is 24.6 Å². The van der Waals surface area contributed by atoms with Gasteiger partial charge in [0.05, 0.1) is 6.61 Å². The second-order valence-electron chi connectivity index (χ2n) is 8.72. The zero-order valence-corrected chi connectivity index (χ0v) is 25.5. The number of rotatable bonds is 18. The van der Waals surface area contributed by atoms with Crippen LogP contribution >= 0.6 is 0 Å². The number of hydrogen-bond acceptors (Lipinski definition) is 13. The Morgan fingerprint density at radius 1 is 0.700 bits per heavy atom. The van der Waals surface area contributed by atoms with Crippen molar-refractivity contribution in [2.45, 2.75) is 98.1 Å². The van der Waals surface area contributed by atoms with Gasteiger partial charge in [-0.1, -0.05) is 12.2 Å². The van der Waals surface area contributed by atoms with E-state index in [1.807, 2.05) is 32.9 Å². The number of ether oxygens (including phenoxy) is 6. The van der Waals surface area contributed by atoms with Crippen LogP contribution in [-0.2, 0) is 60.9 Å². The molecule has 1 saturated heterocycles. The Bertz CT molecular complexity index is 816. The zero-order chi connectivity index (χ0) is 30.1. The first-order valence-electron chi connectivity index (χ1n) is 13.5. The molecule has 0 aliphatic carbocycles. The molecule has 1 aliphatic heterocycles. The second-order valence-corrected chi connectivity index (χ2v) is 11.5. The minimum absolute atomic E-state index is 0.148. The Hall–Kier alpha value is -2.36. The summed E-state index contributed by atoms with van der Waals surface area (Å²) in [5, 5.41) is 0. The summed E-state index contributed by atoms with van der Waals surface area (Å²) in [6.45, 7) is 11.7. The normalized spacial score (nSPS) is 23.0. The van der Waals surface area contributed by atoms with Crippen LogP contribution in [0.2, 0.25) is 6.04 Å². The van der Waals surface area contributed by atoms with Crippen LogP contribution in [0, 0.1) is 0 Å². The van der Waals surface area contributed by atoms with Gasteiger partial charge in [-0.25, -0.2) is 0 Å². The van der Waals surface area contributed by atoms with E-state index in [-0.39, 0.29) is 13.2 Å². The Labute approximate surface area is 237 Å². The molecule has 5 atom stereocenters. The molecular weight excluding hydrogens is 548 g/mol. The van der Waals surface area contributed by atoms with Gasteiger partial charge in [0, 0.05) is 53.6 Å². The SMILES string of the molecule is CCO[Si](CC/C=C/CCOC1OC(COC(C)=O)C(OC(C)=O)C(OC(C)=O)C1OC(C)=O)(OCC)OCC. The summed E-state index contributed by atoms with van der Waals surface area (Å²) in [6.07, 6.45) is -0.988. The second kappa shape index (κ2) is 18.9. The summed E-state index contributed by atoms with van der Waals surface area (Å²) in [4.78, 5) is 47.0. The summed E-state index contributed by atoms with van der Waals surface area (Å²) < 4.78 is 50.5. The van der Waals surface area contributed by atoms with Gasteiger partial charge in [-0.05, 0) is 33.6 Å². The van der Waals surface area contributed by atoms with E-state index in [9.17, 15) is 19.2 Å². The van der Waals surface area contributed by atoms with Gasteiger partial charge in [-0.15, -0.1) is 0 Å². The largest absolute Gasteiger partial charge is 0.501 e. The number of allylic oxidation sites excluding steroid dienone is 1. The fraction of sp³-hybridized carbons (Fsp3) is 0.769. The van der Waals surface area contributed by atoms with Gasteiger partial charge in [0.25, 0.3) is 0 Å². The van der Waals surface area contributed by atoms with E-state index in [1.165, 1.54) is 13.8 Å². The van der Waals surface area contributed by atoms with Gasteiger partial charge in [-0.2, -0.15) is 0 Å². The number of esters is 4. The van der Waals surface area contributed by atoms with E-state index < -0.39 is 63.4 Å². The molecule has 14 heteroatoms. The van der Waals surface area contributed by atoms with Gasteiger partial charge in [0.1, 0.15) is 12.7 Å². The zero-order valence-electron chi connectivity index (χ0n) is 24.5. The molecule has 0 radical (unpaired) electrons. The maximum absolute atomic E-state index is 11.9. The highest BCUT2D eigenvalue weighted by Crippen LogP contribution is 2.30. The molecule has 1 rings (SSSR count). The standard InChI is InChI=1S/C26H44O13Si/c1-8-33-40(34-9-2,35-10-3)16-14-12-11-13-15-31-26-25(38-21(7)30)24(37-20(6)29)23(36-19(5)28)22(39-26)17-32-18(4)27/h11-12,22-26H,8-10,13-17H2,1-7H3/b12-11+. The van der Waals surface area contributed by atoms with Crippen molar-refractivity contribution in [1.29, 1.82) is 0 Å². The van der Waals surface area contributed by atoms with Crippen molar-refractivity contribution in [3.63, 3.8) is 0 Å². The minimum atomic E-state index is -2.74. The third-order valence-electron chi connectivity index (χ3n) is 5.39. The minimum Gasteiger partial charge on any atom is -0.463 e. The van der Waals surface area contributed by atoms with Crippen LogP contribution in [-0.4, -0.2) is 96.4 Å². The fourth-order valence-electron chi connectivity index (χ4n) is 4.07. The first-order valence-corrected chi connectivity index (χ1v) is 15.4. The molecule has 0 N–H and O–H groups in total. The molecule has 1 aliphatic rings. The summed E-state index contributed by atoms with van der Waals surface area (Å²) in [7, 11) is -2.74. The quantitative estimate of drug-likeness (QED) is 0.0754. The molecule has 0 amide bonds.